The smallest absolute Gasteiger partial charge is 0.224 e. The van der Waals surface area contributed by atoms with Crippen LogP contribution in [-0.4, -0.2) is 62.9 Å². The van der Waals surface area contributed by atoms with Gasteiger partial charge in [0.25, 0.3) is 0 Å². The van der Waals surface area contributed by atoms with Crippen LogP contribution < -0.4 is 5.32 Å². The maximum atomic E-state index is 13.0. The van der Waals surface area contributed by atoms with Gasteiger partial charge in [-0.1, -0.05) is 53.5 Å². The summed E-state index contributed by atoms with van der Waals surface area (Å²) in [6.07, 6.45) is 1.32. The fourth-order valence-corrected chi connectivity index (χ4v) is 6.37. The highest BCUT2D eigenvalue weighted by atomic mass is 35.5. The summed E-state index contributed by atoms with van der Waals surface area (Å²) in [6, 6.07) is 13.1. The number of ether oxygens (including phenoxy) is 1. The summed E-state index contributed by atoms with van der Waals surface area (Å²) in [4.78, 5) is 15.2. The highest BCUT2D eigenvalue weighted by Crippen LogP contribution is 2.26. The number of halogens is 2. The zero-order chi connectivity index (χ0) is 24.8. The van der Waals surface area contributed by atoms with Crippen molar-refractivity contribution in [1.29, 1.82) is 0 Å². The second-order valence-electron chi connectivity index (χ2n) is 9.12. The molecule has 2 aliphatic rings. The van der Waals surface area contributed by atoms with E-state index in [4.69, 9.17) is 27.9 Å². The lowest BCUT2D eigenvalue weighted by atomic mass is 9.98. The normalized spacial score (nSPS) is 20.0. The summed E-state index contributed by atoms with van der Waals surface area (Å²) in [7, 11) is -3.58. The minimum Gasteiger partial charge on any atom is -0.379 e. The van der Waals surface area contributed by atoms with Gasteiger partial charge in [-0.15, -0.1) is 0 Å². The third kappa shape index (κ3) is 7.41. The number of piperidine rings is 1. The Morgan fingerprint density at radius 1 is 0.971 bits per heavy atom. The first-order valence-electron chi connectivity index (χ1n) is 11.9. The van der Waals surface area contributed by atoms with E-state index in [1.54, 1.807) is 18.2 Å². The zero-order valence-electron chi connectivity index (χ0n) is 19.6. The van der Waals surface area contributed by atoms with Gasteiger partial charge in [0, 0.05) is 39.3 Å². The fourth-order valence-electron chi connectivity index (χ4n) is 4.45. The fraction of sp³-hybridized carbons (Fsp3) is 0.480. The van der Waals surface area contributed by atoms with Crippen LogP contribution in [0.25, 0.3) is 0 Å². The standard InChI is InChI=1S/C25H31Cl2N3O4S/c26-23-8-7-21(14-24(23)27)18-35(32,33)30-9-1-2-22(17-30)25(31)28-15-19-3-5-20(6-4-19)16-29-10-12-34-13-11-29/h3-8,14,22H,1-2,9-13,15-18H2,(H,28,31). The number of nitrogens with zero attached hydrogens (tertiary/aromatic N) is 2. The number of hydrogen-bond acceptors (Lipinski definition) is 5. The number of nitrogens with one attached hydrogen (secondary N) is 1. The van der Waals surface area contributed by atoms with Crippen LogP contribution in [0.4, 0.5) is 0 Å². The molecule has 0 bridgehead atoms. The van der Waals surface area contributed by atoms with E-state index in [0.717, 1.165) is 38.4 Å². The van der Waals surface area contributed by atoms with Gasteiger partial charge < -0.3 is 10.1 Å². The van der Waals surface area contributed by atoms with Crippen molar-refractivity contribution < 1.29 is 17.9 Å². The molecule has 2 heterocycles. The maximum Gasteiger partial charge on any atom is 0.224 e. The molecule has 2 aliphatic heterocycles. The molecular weight excluding hydrogens is 509 g/mol. The van der Waals surface area contributed by atoms with Crippen LogP contribution in [-0.2, 0) is 38.4 Å². The summed E-state index contributed by atoms with van der Waals surface area (Å²) < 4.78 is 32.8. The van der Waals surface area contributed by atoms with Crippen LogP contribution in [0.3, 0.4) is 0 Å². The lowest BCUT2D eigenvalue weighted by Gasteiger charge is -2.31. The molecule has 2 fully saturated rings. The Bertz CT molecular complexity index is 1120. The van der Waals surface area contributed by atoms with Crippen LogP contribution in [0.2, 0.25) is 10.0 Å². The number of carbonyl (C=O) groups excluding carboxylic acids is 1. The Balaban J connectivity index is 1.28. The predicted molar refractivity (Wildman–Crippen MR) is 138 cm³/mol. The Morgan fingerprint density at radius 2 is 1.66 bits per heavy atom. The van der Waals surface area contributed by atoms with Crippen LogP contribution >= 0.6 is 23.2 Å². The second kappa shape index (κ2) is 12.0. The van der Waals surface area contributed by atoms with Gasteiger partial charge in [0.1, 0.15) is 0 Å². The van der Waals surface area contributed by atoms with Crippen molar-refractivity contribution in [2.45, 2.75) is 31.7 Å². The van der Waals surface area contributed by atoms with E-state index >= 15 is 0 Å². The molecule has 7 nitrogen and oxygen atoms in total. The second-order valence-corrected chi connectivity index (χ2v) is 11.9. The van der Waals surface area contributed by atoms with Gasteiger partial charge in [0.15, 0.2) is 0 Å². The Labute approximate surface area is 217 Å². The molecule has 0 aromatic heterocycles. The first-order chi connectivity index (χ1) is 16.8. The van der Waals surface area contributed by atoms with E-state index in [-0.39, 0.29) is 24.1 Å². The van der Waals surface area contributed by atoms with Crippen molar-refractivity contribution in [1.82, 2.24) is 14.5 Å². The molecule has 1 N–H and O–H groups in total. The Kier molecular flexibility index (Phi) is 9.07. The summed E-state index contributed by atoms with van der Waals surface area (Å²) in [6.45, 7) is 5.36. The SMILES string of the molecule is O=C(NCc1ccc(CN2CCOCC2)cc1)C1CCCN(S(=O)(=O)Cc2ccc(Cl)c(Cl)c2)C1. The maximum absolute atomic E-state index is 13.0. The van der Waals surface area contributed by atoms with Gasteiger partial charge in [0.2, 0.25) is 15.9 Å². The van der Waals surface area contributed by atoms with Crippen LogP contribution in [0, 0.1) is 5.92 Å². The molecule has 4 rings (SSSR count). The Morgan fingerprint density at radius 3 is 2.37 bits per heavy atom. The highest BCUT2D eigenvalue weighted by Gasteiger charge is 2.32. The minimum absolute atomic E-state index is 0.114. The molecule has 1 atom stereocenters. The van der Waals surface area contributed by atoms with Gasteiger partial charge in [-0.25, -0.2) is 12.7 Å². The number of carbonyl (C=O) groups is 1. The first kappa shape index (κ1) is 26.4. The van der Waals surface area contributed by atoms with Gasteiger partial charge in [0.05, 0.1) is 34.9 Å². The van der Waals surface area contributed by atoms with Crippen LogP contribution in [0.15, 0.2) is 42.5 Å². The van der Waals surface area contributed by atoms with Gasteiger partial charge >= 0.3 is 0 Å². The molecule has 0 aliphatic carbocycles. The molecule has 35 heavy (non-hydrogen) atoms. The molecule has 0 radical (unpaired) electrons. The van der Waals surface area contributed by atoms with E-state index in [0.29, 0.717) is 41.5 Å². The van der Waals surface area contributed by atoms with Crippen molar-refractivity contribution in [2.75, 3.05) is 39.4 Å². The van der Waals surface area contributed by atoms with Crippen molar-refractivity contribution in [3.8, 4) is 0 Å². The summed E-state index contributed by atoms with van der Waals surface area (Å²) in [5, 5.41) is 3.69. The molecule has 0 spiro atoms. The number of amides is 1. The predicted octanol–water partition coefficient (Wildman–Crippen LogP) is 3.68. The van der Waals surface area contributed by atoms with E-state index < -0.39 is 10.0 Å². The monoisotopic (exact) mass is 539 g/mol. The van der Waals surface area contributed by atoms with E-state index in [2.05, 4.69) is 22.3 Å². The van der Waals surface area contributed by atoms with E-state index in [1.807, 2.05) is 12.1 Å². The molecule has 190 valence electrons. The Hall–Kier alpha value is -1.68. The average molecular weight is 541 g/mol. The topological polar surface area (TPSA) is 79.0 Å². The van der Waals surface area contributed by atoms with Crippen molar-refractivity contribution in [3.63, 3.8) is 0 Å². The number of rotatable bonds is 8. The first-order valence-corrected chi connectivity index (χ1v) is 14.2. The lowest BCUT2D eigenvalue weighted by molar-refractivity contribution is -0.126. The number of morpholine rings is 1. The molecule has 1 unspecified atom stereocenters. The largest absolute Gasteiger partial charge is 0.379 e. The molecule has 2 aromatic rings. The van der Waals surface area contributed by atoms with Gasteiger partial charge in [-0.2, -0.15) is 0 Å². The number of sulfonamides is 1. The summed E-state index contributed by atoms with van der Waals surface area (Å²) in [5.74, 6) is -0.653. The van der Waals surface area contributed by atoms with Gasteiger partial charge in [-0.3, -0.25) is 9.69 Å². The average Bonchev–Trinajstić information content (AvgIpc) is 2.86. The van der Waals surface area contributed by atoms with Crippen LogP contribution in [0.5, 0.6) is 0 Å². The summed E-state index contributed by atoms with van der Waals surface area (Å²) >= 11 is 12.0. The third-order valence-electron chi connectivity index (χ3n) is 6.48. The molecule has 1 amide bonds. The summed E-state index contributed by atoms with van der Waals surface area (Å²) in [5.41, 5.74) is 2.82. The van der Waals surface area contributed by atoms with Gasteiger partial charge in [-0.05, 0) is 41.7 Å². The van der Waals surface area contributed by atoms with Crippen molar-refractivity contribution in [2.24, 2.45) is 5.92 Å². The molecule has 0 saturated carbocycles. The molecule has 2 aromatic carbocycles. The van der Waals surface area contributed by atoms with Crippen molar-refractivity contribution in [3.05, 3.63) is 69.2 Å². The quantitative estimate of drug-likeness (QED) is 0.553. The third-order valence-corrected chi connectivity index (χ3v) is 9.04. The molecular formula is C25H31Cl2N3O4S. The van der Waals surface area contributed by atoms with Crippen molar-refractivity contribution >= 4 is 39.1 Å². The number of hydrogen-bond donors (Lipinski definition) is 1. The van der Waals surface area contributed by atoms with Crippen LogP contribution in [0.1, 0.15) is 29.5 Å². The molecule has 2 saturated heterocycles. The number of benzene rings is 2. The molecule has 10 heteroatoms. The van der Waals surface area contributed by atoms with E-state index in [9.17, 15) is 13.2 Å². The highest BCUT2D eigenvalue weighted by molar-refractivity contribution is 7.88. The van der Waals surface area contributed by atoms with E-state index in [1.165, 1.54) is 9.87 Å². The zero-order valence-corrected chi connectivity index (χ0v) is 21.9. The lowest BCUT2D eigenvalue weighted by Crippen LogP contribution is -2.45. The minimum atomic E-state index is -3.58.